The first-order valence-corrected chi connectivity index (χ1v) is 5.27. The largest absolute Gasteiger partial charge is 0.497 e. The summed E-state index contributed by atoms with van der Waals surface area (Å²) in [7, 11) is 1.57. The molecule has 0 bridgehead atoms. The number of methoxy groups -OCH3 is 1. The van der Waals surface area contributed by atoms with Gasteiger partial charge in [-0.1, -0.05) is 0 Å². The molecule has 1 amide bonds. The summed E-state index contributed by atoms with van der Waals surface area (Å²) in [6.45, 7) is 0. The topological polar surface area (TPSA) is 74.4 Å². The average Bonchev–Trinajstić information content (AvgIpc) is 2.39. The summed E-state index contributed by atoms with van der Waals surface area (Å²) >= 11 is 0. The van der Waals surface area contributed by atoms with Crippen LogP contribution in [0.3, 0.4) is 0 Å². The molecule has 0 fully saturated rings. The Balaban J connectivity index is 2.15. The maximum atomic E-state index is 10.9. The van der Waals surface area contributed by atoms with Crippen LogP contribution in [-0.2, 0) is 0 Å². The summed E-state index contributed by atoms with van der Waals surface area (Å²) in [6, 6.07) is 9.89. The number of benzene rings is 1. The number of primary amides is 1. The second kappa shape index (κ2) is 5.18. The predicted molar refractivity (Wildman–Crippen MR) is 65.8 cm³/mol. The van der Waals surface area contributed by atoms with E-state index in [2.05, 4.69) is 4.98 Å². The lowest BCUT2D eigenvalue weighted by atomic mass is 10.2. The molecule has 5 heteroatoms. The zero-order chi connectivity index (χ0) is 13.0. The Labute approximate surface area is 104 Å². The molecule has 2 aromatic rings. The number of rotatable bonds is 4. The second-order valence-electron chi connectivity index (χ2n) is 3.52. The van der Waals surface area contributed by atoms with E-state index in [1.165, 1.54) is 0 Å². The van der Waals surface area contributed by atoms with Gasteiger partial charge in [0.2, 0.25) is 11.8 Å². The molecule has 0 aliphatic carbocycles. The Kier molecular flexibility index (Phi) is 3.43. The summed E-state index contributed by atoms with van der Waals surface area (Å²) in [6.07, 6.45) is 1.59. The summed E-state index contributed by atoms with van der Waals surface area (Å²) < 4.78 is 10.6. The van der Waals surface area contributed by atoms with E-state index in [0.29, 0.717) is 22.9 Å². The molecule has 0 aliphatic heterocycles. The normalized spacial score (nSPS) is 9.83. The monoisotopic (exact) mass is 244 g/mol. The predicted octanol–water partition coefficient (Wildman–Crippen LogP) is 1.98. The van der Waals surface area contributed by atoms with Gasteiger partial charge in [-0.3, -0.25) is 4.79 Å². The molecule has 1 aromatic heterocycles. The first kappa shape index (κ1) is 11.9. The van der Waals surface area contributed by atoms with Crippen molar-refractivity contribution in [1.29, 1.82) is 0 Å². The van der Waals surface area contributed by atoms with Crippen LogP contribution in [0.5, 0.6) is 17.4 Å². The first-order valence-electron chi connectivity index (χ1n) is 5.27. The molecule has 0 unspecified atom stereocenters. The molecular weight excluding hydrogens is 232 g/mol. The van der Waals surface area contributed by atoms with Gasteiger partial charge in [-0.2, -0.15) is 0 Å². The molecule has 1 heterocycles. The number of carbonyl (C=O) groups is 1. The van der Waals surface area contributed by atoms with Crippen LogP contribution in [0.1, 0.15) is 10.4 Å². The lowest BCUT2D eigenvalue weighted by molar-refractivity contribution is 0.100. The van der Waals surface area contributed by atoms with Gasteiger partial charge in [0.25, 0.3) is 0 Å². The van der Waals surface area contributed by atoms with Crippen molar-refractivity contribution in [3.8, 4) is 17.4 Å². The molecule has 5 nitrogen and oxygen atoms in total. The summed E-state index contributed by atoms with van der Waals surface area (Å²) in [5, 5.41) is 0. The van der Waals surface area contributed by atoms with Crippen molar-refractivity contribution in [3.63, 3.8) is 0 Å². The number of carbonyl (C=O) groups excluding carboxylic acids is 1. The average molecular weight is 244 g/mol. The van der Waals surface area contributed by atoms with Gasteiger partial charge in [0.15, 0.2) is 0 Å². The quantitative estimate of drug-likeness (QED) is 0.892. The molecule has 0 saturated carbocycles. The number of hydrogen-bond acceptors (Lipinski definition) is 4. The number of amides is 1. The Morgan fingerprint density at radius 1 is 1.17 bits per heavy atom. The Morgan fingerprint density at radius 2 is 1.89 bits per heavy atom. The lowest BCUT2D eigenvalue weighted by Gasteiger charge is -2.06. The lowest BCUT2D eigenvalue weighted by Crippen LogP contribution is -2.10. The van der Waals surface area contributed by atoms with Crippen LogP contribution in [0.15, 0.2) is 42.6 Å². The molecule has 2 N–H and O–H groups in total. The smallest absolute Gasteiger partial charge is 0.248 e. The van der Waals surface area contributed by atoms with E-state index in [1.807, 2.05) is 0 Å². The summed E-state index contributed by atoms with van der Waals surface area (Å²) in [4.78, 5) is 15.0. The maximum absolute atomic E-state index is 10.9. The van der Waals surface area contributed by atoms with Crippen LogP contribution in [0.2, 0.25) is 0 Å². The second-order valence-corrected chi connectivity index (χ2v) is 3.52. The van der Waals surface area contributed by atoms with Crippen molar-refractivity contribution in [2.24, 2.45) is 5.73 Å². The van der Waals surface area contributed by atoms with E-state index in [1.54, 1.807) is 49.7 Å². The van der Waals surface area contributed by atoms with Gasteiger partial charge in [-0.25, -0.2) is 4.98 Å². The van der Waals surface area contributed by atoms with Gasteiger partial charge in [-0.05, 0) is 30.3 Å². The van der Waals surface area contributed by atoms with Crippen LogP contribution in [-0.4, -0.2) is 18.0 Å². The molecule has 2 rings (SSSR count). The van der Waals surface area contributed by atoms with E-state index >= 15 is 0 Å². The van der Waals surface area contributed by atoms with Crippen molar-refractivity contribution < 1.29 is 14.3 Å². The van der Waals surface area contributed by atoms with Crippen LogP contribution >= 0.6 is 0 Å². The van der Waals surface area contributed by atoms with E-state index in [4.69, 9.17) is 15.2 Å². The highest BCUT2D eigenvalue weighted by atomic mass is 16.5. The van der Waals surface area contributed by atoms with Crippen molar-refractivity contribution >= 4 is 5.91 Å². The highest BCUT2D eigenvalue weighted by Crippen LogP contribution is 2.22. The molecule has 92 valence electrons. The van der Waals surface area contributed by atoms with E-state index in [0.717, 1.165) is 0 Å². The molecular formula is C13H12N2O3. The zero-order valence-electron chi connectivity index (χ0n) is 9.79. The van der Waals surface area contributed by atoms with E-state index in [-0.39, 0.29) is 0 Å². The van der Waals surface area contributed by atoms with Crippen LogP contribution in [0.4, 0.5) is 0 Å². The number of ether oxygens (including phenoxy) is 2. The summed E-state index contributed by atoms with van der Waals surface area (Å²) in [5.41, 5.74) is 5.58. The number of nitrogens with zero attached hydrogens (tertiary/aromatic N) is 1. The van der Waals surface area contributed by atoms with Gasteiger partial charge >= 0.3 is 0 Å². The van der Waals surface area contributed by atoms with Gasteiger partial charge in [0, 0.05) is 17.8 Å². The minimum atomic E-state index is -0.471. The van der Waals surface area contributed by atoms with Crippen LogP contribution in [0.25, 0.3) is 0 Å². The Bertz CT molecular complexity index is 552. The van der Waals surface area contributed by atoms with E-state index < -0.39 is 5.91 Å². The molecule has 18 heavy (non-hydrogen) atoms. The zero-order valence-corrected chi connectivity index (χ0v) is 9.79. The van der Waals surface area contributed by atoms with Gasteiger partial charge in [0.05, 0.1) is 7.11 Å². The molecule has 0 atom stereocenters. The minimum Gasteiger partial charge on any atom is -0.497 e. The maximum Gasteiger partial charge on any atom is 0.248 e. The molecule has 1 aromatic carbocycles. The fraction of sp³-hybridized carbons (Fsp3) is 0.0769. The number of aromatic nitrogens is 1. The first-order chi connectivity index (χ1) is 8.69. The van der Waals surface area contributed by atoms with Gasteiger partial charge in [-0.15, -0.1) is 0 Å². The molecule has 0 spiro atoms. The third kappa shape index (κ3) is 2.76. The fourth-order valence-electron chi connectivity index (χ4n) is 1.38. The van der Waals surface area contributed by atoms with Crippen molar-refractivity contribution in [3.05, 3.63) is 48.2 Å². The highest BCUT2D eigenvalue weighted by Gasteiger charge is 2.03. The SMILES string of the molecule is COc1ccnc(Oc2ccc(C(N)=O)cc2)c1. The minimum absolute atomic E-state index is 0.418. The molecule has 0 radical (unpaired) electrons. The van der Waals surface area contributed by atoms with Crippen molar-refractivity contribution in [2.75, 3.05) is 7.11 Å². The standard InChI is InChI=1S/C13H12N2O3/c1-17-11-6-7-15-12(8-11)18-10-4-2-9(3-5-10)13(14)16/h2-8H,1H3,(H2,14,16). The van der Waals surface area contributed by atoms with Crippen molar-refractivity contribution in [1.82, 2.24) is 4.98 Å². The van der Waals surface area contributed by atoms with E-state index in [9.17, 15) is 4.79 Å². The van der Waals surface area contributed by atoms with Crippen LogP contribution < -0.4 is 15.2 Å². The van der Waals surface area contributed by atoms with Crippen LogP contribution in [0, 0.1) is 0 Å². The number of nitrogens with two attached hydrogens (primary N) is 1. The third-order valence-electron chi connectivity index (χ3n) is 2.30. The summed E-state index contributed by atoms with van der Waals surface area (Å²) in [5.74, 6) is 1.18. The number of pyridine rings is 1. The Morgan fingerprint density at radius 3 is 2.50 bits per heavy atom. The van der Waals surface area contributed by atoms with Gasteiger partial charge < -0.3 is 15.2 Å². The number of hydrogen-bond donors (Lipinski definition) is 1. The van der Waals surface area contributed by atoms with Gasteiger partial charge in [0.1, 0.15) is 11.5 Å². The highest BCUT2D eigenvalue weighted by molar-refractivity contribution is 5.92. The fourth-order valence-corrected chi connectivity index (χ4v) is 1.38. The molecule has 0 aliphatic rings. The third-order valence-corrected chi connectivity index (χ3v) is 2.30. The Hall–Kier alpha value is -2.56. The van der Waals surface area contributed by atoms with Crippen molar-refractivity contribution in [2.45, 2.75) is 0 Å². The molecule has 0 saturated heterocycles.